The van der Waals surface area contributed by atoms with Crippen LogP contribution in [0.2, 0.25) is 0 Å². The minimum atomic E-state index is 0.287. The fourth-order valence-corrected chi connectivity index (χ4v) is 2.29. The molecule has 1 nitrogen and oxygen atoms in total. The summed E-state index contributed by atoms with van der Waals surface area (Å²) in [6.45, 7) is 2.22. The maximum Gasteiger partial charge on any atom is 0.0297 e. The minimum Gasteiger partial charge on any atom is -0.324 e. The second kappa shape index (κ2) is 3.51. The van der Waals surface area contributed by atoms with Crippen LogP contribution in [-0.2, 0) is 12.8 Å². The lowest BCUT2D eigenvalue weighted by Crippen LogP contribution is -2.18. The van der Waals surface area contributed by atoms with Crippen LogP contribution in [-0.4, -0.2) is 0 Å². The van der Waals surface area contributed by atoms with Crippen LogP contribution in [0.15, 0.2) is 18.2 Å². The normalized spacial score (nSPS) is 21.2. The Morgan fingerprint density at radius 1 is 1.46 bits per heavy atom. The molecule has 0 aromatic heterocycles. The Bertz CT molecular complexity index is 304. The molecular formula is C12H17N. The SMILES string of the molecule is CCc1cccc2c1CCC[C@@H]2N. The number of benzene rings is 1. The van der Waals surface area contributed by atoms with Crippen LogP contribution in [0.4, 0.5) is 0 Å². The molecule has 13 heavy (non-hydrogen) atoms. The molecular weight excluding hydrogens is 158 g/mol. The smallest absolute Gasteiger partial charge is 0.0297 e. The summed E-state index contributed by atoms with van der Waals surface area (Å²) in [6, 6.07) is 6.85. The van der Waals surface area contributed by atoms with E-state index < -0.39 is 0 Å². The molecule has 0 bridgehead atoms. The van der Waals surface area contributed by atoms with Crippen LogP contribution in [0.3, 0.4) is 0 Å². The zero-order chi connectivity index (χ0) is 9.26. The van der Waals surface area contributed by atoms with Gasteiger partial charge in [0.2, 0.25) is 0 Å². The molecule has 1 aliphatic carbocycles. The third-order valence-electron chi connectivity index (χ3n) is 3.03. The molecule has 1 aliphatic rings. The highest BCUT2D eigenvalue weighted by molar-refractivity contribution is 5.38. The Balaban J connectivity index is 2.48. The Hall–Kier alpha value is -0.820. The molecule has 70 valence electrons. The van der Waals surface area contributed by atoms with Crippen molar-refractivity contribution in [2.24, 2.45) is 5.73 Å². The lowest BCUT2D eigenvalue weighted by atomic mass is 9.85. The molecule has 1 aromatic rings. The Labute approximate surface area is 80.0 Å². The van der Waals surface area contributed by atoms with Gasteiger partial charge >= 0.3 is 0 Å². The third kappa shape index (κ3) is 1.49. The second-order valence-electron chi connectivity index (χ2n) is 3.84. The van der Waals surface area contributed by atoms with E-state index in [0.717, 1.165) is 12.8 Å². The van der Waals surface area contributed by atoms with Gasteiger partial charge in [-0.1, -0.05) is 25.1 Å². The summed E-state index contributed by atoms with van der Waals surface area (Å²) in [6.07, 6.45) is 4.77. The van der Waals surface area contributed by atoms with Crippen LogP contribution >= 0.6 is 0 Å². The highest BCUT2D eigenvalue weighted by Gasteiger charge is 2.17. The van der Waals surface area contributed by atoms with Crippen LogP contribution in [0.1, 0.15) is 42.5 Å². The molecule has 0 amide bonds. The standard InChI is InChI=1S/C12H17N/c1-2-9-5-3-7-11-10(9)6-4-8-12(11)13/h3,5,7,12H,2,4,6,8,13H2,1H3/t12-/m0/s1. The van der Waals surface area contributed by atoms with Crippen molar-refractivity contribution in [1.82, 2.24) is 0 Å². The van der Waals surface area contributed by atoms with Crippen LogP contribution in [0, 0.1) is 0 Å². The van der Waals surface area contributed by atoms with Crippen molar-refractivity contribution in [1.29, 1.82) is 0 Å². The van der Waals surface area contributed by atoms with Gasteiger partial charge in [0.25, 0.3) is 0 Å². The van der Waals surface area contributed by atoms with Crippen molar-refractivity contribution in [3.05, 3.63) is 34.9 Å². The van der Waals surface area contributed by atoms with Crippen molar-refractivity contribution in [2.75, 3.05) is 0 Å². The quantitative estimate of drug-likeness (QED) is 0.697. The summed E-state index contributed by atoms with van der Waals surface area (Å²) >= 11 is 0. The molecule has 0 unspecified atom stereocenters. The Morgan fingerprint density at radius 2 is 2.31 bits per heavy atom. The van der Waals surface area contributed by atoms with Gasteiger partial charge in [0, 0.05) is 6.04 Å². The summed E-state index contributed by atoms with van der Waals surface area (Å²) in [5.41, 5.74) is 10.5. The highest BCUT2D eigenvalue weighted by atomic mass is 14.6. The predicted molar refractivity (Wildman–Crippen MR) is 55.7 cm³/mol. The van der Waals surface area contributed by atoms with Crippen LogP contribution in [0.25, 0.3) is 0 Å². The lowest BCUT2D eigenvalue weighted by molar-refractivity contribution is 0.567. The maximum absolute atomic E-state index is 6.07. The van der Waals surface area contributed by atoms with Gasteiger partial charge in [-0.05, 0) is 42.4 Å². The predicted octanol–water partition coefficient (Wildman–Crippen LogP) is 2.59. The molecule has 1 atom stereocenters. The van der Waals surface area contributed by atoms with E-state index in [1.807, 2.05) is 0 Å². The van der Waals surface area contributed by atoms with E-state index in [4.69, 9.17) is 5.73 Å². The van der Waals surface area contributed by atoms with Gasteiger partial charge in [-0.25, -0.2) is 0 Å². The number of nitrogens with two attached hydrogens (primary N) is 1. The van der Waals surface area contributed by atoms with Crippen molar-refractivity contribution in [3.63, 3.8) is 0 Å². The number of hydrogen-bond donors (Lipinski definition) is 1. The number of rotatable bonds is 1. The molecule has 0 saturated carbocycles. The minimum absolute atomic E-state index is 0.287. The van der Waals surface area contributed by atoms with Crippen molar-refractivity contribution in [3.8, 4) is 0 Å². The first-order valence-corrected chi connectivity index (χ1v) is 5.19. The van der Waals surface area contributed by atoms with Crippen molar-refractivity contribution >= 4 is 0 Å². The van der Waals surface area contributed by atoms with E-state index in [-0.39, 0.29) is 6.04 Å². The second-order valence-corrected chi connectivity index (χ2v) is 3.84. The van der Waals surface area contributed by atoms with Crippen molar-refractivity contribution in [2.45, 2.75) is 38.6 Å². The zero-order valence-electron chi connectivity index (χ0n) is 8.22. The molecule has 2 rings (SSSR count). The fourth-order valence-electron chi connectivity index (χ4n) is 2.29. The Kier molecular flexibility index (Phi) is 2.36. The van der Waals surface area contributed by atoms with Crippen molar-refractivity contribution < 1.29 is 0 Å². The highest BCUT2D eigenvalue weighted by Crippen LogP contribution is 2.30. The van der Waals surface area contributed by atoms with E-state index in [2.05, 4.69) is 25.1 Å². The summed E-state index contributed by atoms with van der Waals surface area (Å²) in [5.74, 6) is 0. The average Bonchev–Trinajstić information content (AvgIpc) is 2.18. The molecule has 1 aromatic carbocycles. The van der Waals surface area contributed by atoms with Gasteiger partial charge in [0.1, 0.15) is 0 Å². The summed E-state index contributed by atoms with van der Waals surface area (Å²) in [5, 5.41) is 0. The summed E-state index contributed by atoms with van der Waals surface area (Å²) in [4.78, 5) is 0. The molecule has 0 aliphatic heterocycles. The first kappa shape index (κ1) is 8.76. The molecule has 0 radical (unpaired) electrons. The molecule has 0 heterocycles. The largest absolute Gasteiger partial charge is 0.324 e. The number of fused-ring (bicyclic) bond motifs is 1. The van der Waals surface area contributed by atoms with Gasteiger partial charge in [0.15, 0.2) is 0 Å². The van der Waals surface area contributed by atoms with Gasteiger partial charge in [-0.15, -0.1) is 0 Å². The summed E-state index contributed by atoms with van der Waals surface area (Å²) in [7, 11) is 0. The molecule has 0 saturated heterocycles. The maximum atomic E-state index is 6.07. The fraction of sp³-hybridized carbons (Fsp3) is 0.500. The monoisotopic (exact) mass is 175 g/mol. The van der Waals surface area contributed by atoms with E-state index in [1.54, 1.807) is 0 Å². The number of hydrogen-bond acceptors (Lipinski definition) is 1. The van der Waals surface area contributed by atoms with Gasteiger partial charge in [-0.2, -0.15) is 0 Å². The van der Waals surface area contributed by atoms with E-state index in [9.17, 15) is 0 Å². The Morgan fingerprint density at radius 3 is 3.08 bits per heavy atom. The molecule has 0 fully saturated rings. The molecule has 0 spiro atoms. The van der Waals surface area contributed by atoms with Gasteiger partial charge in [0.05, 0.1) is 0 Å². The first-order chi connectivity index (χ1) is 6.33. The van der Waals surface area contributed by atoms with Gasteiger partial charge in [-0.3, -0.25) is 0 Å². The average molecular weight is 175 g/mol. The van der Waals surface area contributed by atoms with Gasteiger partial charge < -0.3 is 5.73 Å². The summed E-state index contributed by atoms with van der Waals surface area (Å²) < 4.78 is 0. The van der Waals surface area contributed by atoms with Crippen LogP contribution in [0.5, 0.6) is 0 Å². The third-order valence-corrected chi connectivity index (χ3v) is 3.03. The molecule has 1 heteroatoms. The van der Waals surface area contributed by atoms with E-state index >= 15 is 0 Å². The van der Waals surface area contributed by atoms with E-state index in [0.29, 0.717) is 0 Å². The number of aryl methyl sites for hydroxylation is 1. The lowest BCUT2D eigenvalue weighted by Gasteiger charge is -2.24. The zero-order valence-corrected chi connectivity index (χ0v) is 8.22. The molecule has 2 N–H and O–H groups in total. The topological polar surface area (TPSA) is 26.0 Å². The van der Waals surface area contributed by atoms with E-state index in [1.165, 1.54) is 29.5 Å². The first-order valence-electron chi connectivity index (χ1n) is 5.19. The van der Waals surface area contributed by atoms with Crippen LogP contribution < -0.4 is 5.73 Å².